The van der Waals surface area contributed by atoms with Crippen LogP contribution in [0.3, 0.4) is 0 Å². The van der Waals surface area contributed by atoms with Crippen LogP contribution < -0.4 is 5.32 Å². The predicted molar refractivity (Wildman–Crippen MR) is 69.7 cm³/mol. The molecule has 6 heteroatoms. The van der Waals surface area contributed by atoms with E-state index >= 15 is 0 Å². The molecule has 1 N–H and O–H groups in total. The first-order chi connectivity index (χ1) is 9.07. The zero-order valence-corrected chi connectivity index (χ0v) is 11.4. The van der Waals surface area contributed by atoms with Crippen molar-refractivity contribution < 1.29 is 12.8 Å². The van der Waals surface area contributed by atoms with Gasteiger partial charge in [0.05, 0.1) is 4.90 Å². The van der Waals surface area contributed by atoms with E-state index in [4.69, 9.17) is 0 Å². The quantitative estimate of drug-likeness (QED) is 0.888. The number of sulfonamides is 1. The molecule has 0 unspecified atom stereocenters. The molecule has 1 aromatic carbocycles. The molecule has 2 fully saturated rings. The summed E-state index contributed by atoms with van der Waals surface area (Å²) in [7, 11) is -3.49. The number of halogens is 1. The van der Waals surface area contributed by atoms with Crippen molar-refractivity contribution in [3.63, 3.8) is 0 Å². The van der Waals surface area contributed by atoms with Crippen molar-refractivity contribution in [2.75, 3.05) is 19.6 Å². The van der Waals surface area contributed by atoms with Crippen molar-refractivity contribution in [3.8, 4) is 0 Å². The van der Waals surface area contributed by atoms with Crippen LogP contribution in [-0.2, 0) is 10.0 Å². The number of fused-ring (bicyclic) bond motifs is 1. The van der Waals surface area contributed by atoms with Gasteiger partial charge in [0.1, 0.15) is 5.82 Å². The van der Waals surface area contributed by atoms with Gasteiger partial charge in [-0.2, -0.15) is 4.31 Å². The van der Waals surface area contributed by atoms with Gasteiger partial charge in [-0.25, -0.2) is 12.8 Å². The molecular formula is C13H17FN2O2S. The molecule has 2 saturated heterocycles. The van der Waals surface area contributed by atoms with Crippen molar-refractivity contribution in [3.05, 3.63) is 30.1 Å². The van der Waals surface area contributed by atoms with Gasteiger partial charge in [0.2, 0.25) is 10.0 Å². The molecular weight excluding hydrogens is 267 g/mol. The summed E-state index contributed by atoms with van der Waals surface area (Å²) in [5, 5.41) is 3.38. The van der Waals surface area contributed by atoms with Crippen molar-refractivity contribution in [2.24, 2.45) is 5.92 Å². The summed E-state index contributed by atoms with van der Waals surface area (Å²) in [6.07, 6.45) is 2.18. The zero-order chi connectivity index (χ0) is 13.5. The van der Waals surface area contributed by atoms with E-state index < -0.39 is 15.8 Å². The normalized spacial score (nSPS) is 28.3. The molecule has 0 spiro atoms. The fraction of sp³-hybridized carbons (Fsp3) is 0.538. The van der Waals surface area contributed by atoms with E-state index in [2.05, 4.69) is 5.32 Å². The first-order valence-corrected chi connectivity index (χ1v) is 8.00. The lowest BCUT2D eigenvalue weighted by molar-refractivity contribution is 0.339. The number of rotatable bonds is 2. The molecule has 3 rings (SSSR count). The molecule has 0 aromatic heterocycles. The molecule has 0 bridgehead atoms. The molecule has 1 aromatic rings. The Labute approximate surface area is 112 Å². The van der Waals surface area contributed by atoms with E-state index in [1.807, 2.05) is 0 Å². The third-order valence-electron chi connectivity index (χ3n) is 4.02. The summed E-state index contributed by atoms with van der Waals surface area (Å²) >= 11 is 0. The minimum absolute atomic E-state index is 0.174. The maximum absolute atomic E-state index is 12.9. The van der Waals surface area contributed by atoms with Crippen LogP contribution in [-0.4, -0.2) is 38.4 Å². The molecule has 0 saturated carbocycles. The Kier molecular flexibility index (Phi) is 3.32. The van der Waals surface area contributed by atoms with Crippen molar-refractivity contribution in [1.82, 2.24) is 9.62 Å². The van der Waals surface area contributed by atoms with Gasteiger partial charge in [-0.15, -0.1) is 0 Å². The summed E-state index contributed by atoms with van der Waals surface area (Å²) in [5.74, 6) is -0.0142. The highest BCUT2D eigenvalue weighted by Crippen LogP contribution is 2.29. The SMILES string of the molecule is O=S(=O)(c1ccc(F)cc1)N1C[C@@H]2CCCN[C@@H]2C1. The smallest absolute Gasteiger partial charge is 0.243 e. The average Bonchev–Trinajstić information content (AvgIpc) is 2.83. The van der Waals surface area contributed by atoms with E-state index in [1.165, 1.54) is 28.6 Å². The van der Waals surface area contributed by atoms with Crippen molar-refractivity contribution >= 4 is 10.0 Å². The maximum Gasteiger partial charge on any atom is 0.243 e. The Bertz CT molecular complexity index is 545. The van der Waals surface area contributed by atoms with Gasteiger partial charge in [-0.3, -0.25) is 0 Å². The van der Waals surface area contributed by atoms with Gasteiger partial charge in [0, 0.05) is 19.1 Å². The molecule has 104 valence electrons. The van der Waals surface area contributed by atoms with Gasteiger partial charge in [0.15, 0.2) is 0 Å². The number of hydrogen-bond acceptors (Lipinski definition) is 3. The minimum atomic E-state index is -3.49. The van der Waals surface area contributed by atoms with Crippen LogP contribution in [0.1, 0.15) is 12.8 Å². The third kappa shape index (κ3) is 2.40. The van der Waals surface area contributed by atoms with E-state index in [0.29, 0.717) is 19.0 Å². The van der Waals surface area contributed by atoms with E-state index in [1.54, 1.807) is 0 Å². The summed E-state index contributed by atoms with van der Waals surface area (Å²) in [6, 6.07) is 5.31. The van der Waals surface area contributed by atoms with Crippen LogP contribution in [0.5, 0.6) is 0 Å². The molecule has 0 amide bonds. The number of nitrogens with one attached hydrogen (secondary N) is 1. The predicted octanol–water partition coefficient (Wildman–Crippen LogP) is 1.20. The number of benzene rings is 1. The molecule has 2 atom stereocenters. The Morgan fingerprint density at radius 3 is 2.63 bits per heavy atom. The zero-order valence-electron chi connectivity index (χ0n) is 10.5. The Balaban J connectivity index is 1.83. The third-order valence-corrected chi connectivity index (χ3v) is 5.86. The van der Waals surface area contributed by atoms with Crippen LogP contribution in [0.2, 0.25) is 0 Å². The highest BCUT2D eigenvalue weighted by molar-refractivity contribution is 7.89. The van der Waals surface area contributed by atoms with Gasteiger partial charge in [-0.05, 0) is 49.6 Å². The standard InChI is InChI=1S/C13H17FN2O2S/c14-11-3-5-12(6-4-11)19(17,18)16-8-10-2-1-7-15-13(10)9-16/h3-6,10,13,15H,1-2,7-9H2/t10-,13+/m0/s1. The Morgan fingerprint density at radius 1 is 1.21 bits per heavy atom. The first kappa shape index (κ1) is 13.0. The number of hydrogen-bond donors (Lipinski definition) is 1. The number of piperidine rings is 1. The van der Waals surface area contributed by atoms with E-state index in [0.717, 1.165) is 19.4 Å². The molecule has 0 radical (unpaired) electrons. The highest BCUT2D eigenvalue weighted by atomic mass is 32.2. The topological polar surface area (TPSA) is 49.4 Å². The second kappa shape index (κ2) is 4.85. The second-order valence-corrected chi connectivity index (χ2v) is 7.18. The van der Waals surface area contributed by atoms with Crippen LogP contribution in [0, 0.1) is 11.7 Å². The lowest BCUT2D eigenvalue weighted by Gasteiger charge is -2.24. The van der Waals surface area contributed by atoms with Crippen LogP contribution >= 0.6 is 0 Å². The second-order valence-electron chi connectivity index (χ2n) is 5.24. The van der Waals surface area contributed by atoms with Crippen LogP contribution in [0.4, 0.5) is 4.39 Å². The van der Waals surface area contributed by atoms with Gasteiger partial charge >= 0.3 is 0 Å². The number of nitrogens with zero attached hydrogens (tertiary/aromatic N) is 1. The fourth-order valence-electron chi connectivity index (χ4n) is 2.96. The van der Waals surface area contributed by atoms with E-state index in [-0.39, 0.29) is 10.9 Å². The Hall–Kier alpha value is -0.980. The largest absolute Gasteiger partial charge is 0.312 e. The molecule has 2 heterocycles. The van der Waals surface area contributed by atoms with Crippen molar-refractivity contribution in [1.29, 1.82) is 0 Å². The molecule has 2 aliphatic heterocycles. The highest BCUT2D eigenvalue weighted by Gasteiger charge is 2.40. The lowest BCUT2D eigenvalue weighted by Crippen LogP contribution is -2.41. The van der Waals surface area contributed by atoms with Gasteiger partial charge in [-0.1, -0.05) is 0 Å². The maximum atomic E-state index is 12.9. The average molecular weight is 284 g/mol. The summed E-state index contributed by atoms with van der Waals surface area (Å²) in [5.41, 5.74) is 0. The van der Waals surface area contributed by atoms with Gasteiger partial charge in [0.25, 0.3) is 0 Å². The molecule has 19 heavy (non-hydrogen) atoms. The minimum Gasteiger partial charge on any atom is -0.312 e. The summed E-state index contributed by atoms with van der Waals surface area (Å²) < 4.78 is 39.3. The van der Waals surface area contributed by atoms with Crippen LogP contribution in [0.25, 0.3) is 0 Å². The lowest BCUT2D eigenvalue weighted by atomic mass is 9.94. The Morgan fingerprint density at radius 2 is 1.95 bits per heavy atom. The van der Waals surface area contributed by atoms with Crippen LogP contribution in [0.15, 0.2) is 29.2 Å². The van der Waals surface area contributed by atoms with E-state index in [9.17, 15) is 12.8 Å². The fourth-order valence-corrected chi connectivity index (χ4v) is 4.48. The summed E-state index contributed by atoms with van der Waals surface area (Å²) in [4.78, 5) is 0.174. The van der Waals surface area contributed by atoms with Crippen molar-refractivity contribution in [2.45, 2.75) is 23.8 Å². The summed E-state index contributed by atoms with van der Waals surface area (Å²) in [6.45, 7) is 2.05. The molecule has 2 aliphatic rings. The monoisotopic (exact) mass is 284 g/mol. The first-order valence-electron chi connectivity index (χ1n) is 6.56. The molecule has 4 nitrogen and oxygen atoms in total. The van der Waals surface area contributed by atoms with Gasteiger partial charge < -0.3 is 5.32 Å². The molecule has 0 aliphatic carbocycles.